The highest BCUT2D eigenvalue weighted by Gasteiger charge is 2.14. The summed E-state index contributed by atoms with van der Waals surface area (Å²) in [6.45, 7) is 0. The molecule has 1 unspecified atom stereocenters. The molecule has 1 atom stereocenters. The number of nitrogens with zero attached hydrogens (tertiary/aromatic N) is 1. The topological polar surface area (TPSA) is 62.0 Å². The summed E-state index contributed by atoms with van der Waals surface area (Å²) in [4.78, 5) is 4.11. The number of rotatable bonds is 2. The van der Waals surface area contributed by atoms with E-state index in [0.717, 1.165) is 16.1 Å². The zero-order chi connectivity index (χ0) is 16.8. The van der Waals surface area contributed by atoms with E-state index < -0.39 is 11.4 Å². The Kier molecular flexibility index (Phi) is 6.26. The second-order valence-electron chi connectivity index (χ2n) is 5.99. The van der Waals surface area contributed by atoms with Gasteiger partial charge in [-0.05, 0) is 36.5 Å². The highest BCUT2D eigenvalue weighted by Crippen LogP contribution is 2.32. The molecule has 2 aromatic carbocycles. The van der Waals surface area contributed by atoms with Crippen LogP contribution >= 0.6 is 11.3 Å². The van der Waals surface area contributed by atoms with Crippen LogP contribution in [-0.4, -0.2) is 9.54 Å². The minimum atomic E-state index is -1.45. The molecule has 1 aromatic heterocycles. The average Bonchev–Trinajstić information content (AvgIpc) is 3.08. The van der Waals surface area contributed by atoms with Gasteiger partial charge >= 0.3 is 4.34 Å². The molecule has 2 N–H and O–H groups in total. The van der Waals surface area contributed by atoms with Crippen LogP contribution < -0.4 is 5.14 Å². The number of fused-ring (bicyclic) bond motifs is 1. The normalized spacial score (nSPS) is 16.4. The number of para-hydroxylation sites is 1. The molecule has 0 aliphatic heterocycles. The maximum atomic E-state index is 10.9. The number of nitrogens with two attached hydrogens (primary N) is 1. The van der Waals surface area contributed by atoms with Crippen molar-refractivity contribution in [1.29, 1.82) is 0 Å². The summed E-state index contributed by atoms with van der Waals surface area (Å²) in [5.41, 5.74) is 2.41. The van der Waals surface area contributed by atoms with Gasteiger partial charge in [-0.3, -0.25) is 0 Å². The van der Waals surface area contributed by atoms with E-state index in [1.165, 1.54) is 43.4 Å². The summed E-state index contributed by atoms with van der Waals surface area (Å²) in [5, 5.41) is 5.20. The first kappa shape index (κ1) is 17.4. The molecule has 0 amide bonds. The van der Waals surface area contributed by atoms with Gasteiger partial charge in [0.05, 0.1) is 10.2 Å². The predicted molar refractivity (Wildman–Crippen MR) is 102 cm³/mol. The molecule has 0 bridgehead atoms. The van der Waals surface area contributed by atoms with Crippen molar-refractivity contribution in [2.45, 2.75) is 42.4 Å². The molecule has 0 saturated heterocycles. The lowest BCUT2D eigenvalue weighted by atomic mass is 9.84. The van der Waals surface area contributed by atoms with Gasteiger partial charge in [0.25, 0.3) is 0 Å². The highest BCUT2D eigenvalue weighted by atomic mass is 32.2. The van der Waals surface area contributed by atoms with Crippen LogP contribution in [0.4, 0.5) is 0 Å². The lowest BCUT2D eigenvalue weighted by molar-refractivity contribution is 0.443. The Morgan fingerprint density at radius 1 is 0.958 bits per heavy atom. The van der Waals surface area contributed by atoms with E-state index in [4.69, 9.17) is 5.14 Å². The third-order valence-corrected chi connectivity index (χ3v) is 6.33. The minimum Gasteiger partial charge on any atom is -0.591 e. The molecule has 3 nitrogen and oxygen atoms in total. The Hall–Kier alpha value is -1.40. The van der Waals surface area contributed by atoms with E-state index in [0.29, 0.717) is 4.34 Å². The van der Waals surface area contributed by atoms with E-state index >= 15 is 0 Å². The average molecular weight is 359 g/mol. The second-order valence-corrected chi connectivity index (χ2v) is 8.26. The summed E-state index contributed by atoms with van der Waals surface area (Å²) in [6, 6.07) is 18.6. The van der Waals surface area contributed by atoms with Gasteiger partial charge < -0.3 is 4.55 Å². The van der Waals surface area contributed by atoms with Crippen LogP contribution in [0.1, 0.15) is 43.6 Å². The molecule has 126 valence electrons. The predicted octanol–water partition coefficient (Wildman–Crippen LogP) is 5.01. The van der Waals surface area contributed by atoms with E-state index in [-0.39, 0.29) is 0 Å². The third-order valence-electron chi connectivity index (χ3n) is 4.32. The monoisotopic (exact) mass is 358 g/mol. The quantitative estimate of drug-likeness (QED) is 0.655. The van der Waals surface area contributed by atoms with Gasteiger partial charge in [-0.1, -0.05) is 73.1 Å². The van der Waals surface area contributed by atoms with E-state index in [1.807, 2.05) is 24.3 Å². The van der Waals surface area contributed by atoms with Crippen LogP contribution in [0.15, 0.2) is 58.9 Å². The van der Waals surface area contributed by atoms with Crippen LogP contribution in [0, 0.1) is 0 Å². The van der Waals surface area contributed by atoms with Crippen molar-refractivity contribution in [3.8, 4) is 0 Å². The second kappa shape index (κ2) is 8.62. The highest BCUT2D eigenvalue weighted by molar-refractivity contribution is 7.91. The number of thiazole rings is 1. The van der Waals surface area contributed by atoms with Gasteiger partial charge in [0.2, 0.25) is 0 Å². The lowest BCUT2D eigenvalue weighted by Crippen LogP contribution is -2.11. The van der Waals surface area contributed by atoms with E-state index in [9.17, 15) is 4.55 Å². The number of hydrogen-bond acceptors (Lipinski definition) is 4. The standard InChI is InChI=1S/C12H16.C7H6N2OS2/c1-3-7-11(8-4-1)12-9-5-2-6-10-12;8-12(10)7-9-5-3-1-2-4-6(5)11-7/h1,3-4,7-8,12H,2,5-6,9-10H2;1-4H,8H2. The van der Waals surface area contributed by atoms with Crippen LogP contribution in [0.3, 0.4) is 0 Å². The van der Waals surface area contributed by atoms with Crippen LogP contribution in [0.2, 0.25) is 0 Å². The van der Waals surface area contributed by atoms with Crippen LogP contribution in [0.5, 0.6) is 0 Å². The van der Waals surface area contributed by atoms with Crippen LogP contribution in [0.25, 0.3) is 10.2 Å². The molecular formula is C19H22N2OS2. The maximum absolute atomic E-state index is 10.9. The van der Waals surface area contributed by atoms with Gasteiger partial charge in [-0.2, -0.15) is 4.98 Å². The van der Waals surface area contributed by atoms with Gasteiger partial charge in [0, 0.05) is 0 Å². The van der Waals surface area contributed by atoms with Crippen molar-refractivity contribution < 1.29 is 4.55 Å². The van der Waals surface area contributed by atoms with Crippen molar-refractivity contribution in [3.05, 3.63) is 60.2 Å². The fourth-order valence-electron chi connectivity index (χ4n) is 3.10. The van der Waals surface area contributed by atoms with Crippen LogP contribution in [-0.2, 0) is 11.4 Å². The molecule has 3 aromatic rings. The minimum absolute atomic E-state index is 0.483. The summed E-state index contributed by atoms with van der Waals surface area (Å²) >= 11 is -0.0851. The first-order valence-corrected chi connectivity index (χ1v) is 10.3. The molecule has 1 saturated carbocycles. The smallest absolute Gasteiger partial charge is 0.323 e. The largest absolute Gasteiger partial charge is 0.591 e. The molecule has 1 aliphatic rings. The Morgan fingerprint density at radius 3 is 2.29 bits per heavy atom. The Labute approximate surface area is 150 Å². The van der Waals surface area contributed by atoms with Crippen molar-refractivity contribution in [3.63, 3.8) is 0 Å². The Bertz CT molecular complexity index is 719. The molecule has 5 heteroatoms. The molecule has 1 heterocycles. The van der Waals surface area contributed by atoms with Crippen molar-refractivity contribution in [1.82, 2.24) is 4.98 Å². The van der Waals surface area contributed by atoms with Gasteiger partial charge in [0.1, 0.15) is 11.4 Å². The number of hydrogen-bond donors (Lipinski definition) is 1. The van der Waals surface area contributed by atoms with Gasteiger partial charge in [-0.15, -0.1) is 5.14 Å². The summed E-state index contributed by atoms with van der Waals surface area (Å²) in [6.07, 6.45) is 7.12. The van der Waals surface area contributed by atoms with Gasteiger partial charge in [-0.25, -0.2) is 0 Å². The molecule has 4 rings (SSSR count). The van der Waals surface area contributed by atoms with Gasteiger partial charge in [0.15, 0.2) is 0 Å². The van der Waals surface area contributed by atoms with Crippen molar-refractivity contribution >= 4 is 32.9 Å². The summed E-state index contributed by atoms with van der Waals surface area (Å²) in [7, 11) is 0. The first-order valence-electron chi connectivity index (χ1n) is 8.31. The number of benzene rings is 2. The molecule has 0 radical (unpaired) electrons. The lowest BCUT2D eigenvalue weighted by Gasteiger charge is -2.21. The fourth-order valence-corrected chi connectivity index (χ4v) is 4.58. The number of aromatic nitrogens is 1. The summed E-state index contributed by atoms with van der Waals surface area (Å²) < 4.78 is 12.4. The SMILES string of the molecule is N[S+]([O-])c1nc2ccccc2s1.c1ccc(C2CCCCC2)cc1. The molecule has 1 fully saturated rings. The van der Waals surface area contributed by atoms with Crippen molar-refractivity contribution in [2.24, 2.45) is 5.14 Å². The third kappa shape index (κ3) is 4.57. The van der Waals surface area contributed by atoms with Crippen molar-refractivity contribution in [2.75, 3.05) is 0 Å². The summed E-state index contributed by atoms with van der Waals surface area (Å²) in [5.74, 6) is 0.861. The zero-order valence-electron chi connectivity index (χ0n) is 13.6. The fraction of sp³-hybridized carbons (Fsp3) is 0.316. The molecular weight excluding hydrogens is 336 g/mol. The maximum Gasteiger partial charge on any atom is 0.323 e. The Morgan fingerprint density at radius 2 is 1.62 bits per heavy atom. The zero-order valence-corrected chi connectivity index (χ0v) is 15.2. The van der Waals surface area contributed by atoms with E-state index in [1.54, 1.807) is 5.56 Å². The molecule has 1 aliphatic carbocycles. The van der Waals surface area contributed by atoms with E-state index in [2.05, 4.69) is 35.3 Å². The Balaban J connectivity index is 0.000000141. The molecule has 24 heavy (non-hydrogen) atoms. The molecule has 0 spiro atoms. The first-order chi connectivity index (χ1) is 11.7.